The standard InChI is InChI=1S/C17H21N3O/c1-11(2)16-13-10-18-9-8-14(13)19-17(20-16)12-6-4-5-7-15(12)21-3/h4-7,11,18H,8-10H2,1-3H3. The van der Waals surface area contributed by atoms with Crippen molar-refractivity contribution in [2.75, 3.05) is 13.7 Å². The fourth-order valence-corrected chi connectivity index (χ4v) is 2.80. The van der Waals surface area contributed by atoms with E-state index in [-0.39, 0.29) is 0 Å². The average molecular weight is 283 g/mol. The van der Waals surface area contributed by atoms with Gasteiger partial charge in [0.25, 0.3) is 0 Å². The summed E-state index contributed by atoms with van der Waals surface area (Å²) in [4.78, 5) is 9.64. The lowest BCUT2D eigenvalue weighted by molar-refractivity contribution is 0.416. The second-order valence-corrected chi connectivity index (χ2v) is 5.64. The van der Waals surface area contributed by atoms with Gasteiger partial charge >= 0.3 is 0 Å². The molecule has 4 heteroatoms. The molecule has 0 atom stereocenters. The lowest BCUT2D eigenvalue weighted by Crippen LogP contribution is -2.27. The van der Waals surface area contributed by atoms with Crippen LogP contribution in [0, 0.1) is 0 Å². The summed E-state index contributed by atoms with van der Waals surface area (Å²) in [5.41, 5.74) is 4.56. The molecule has 21 heavy (non-hydrogen) atoms. The van der Waals surface area contributed by atoms with Crippen LogP contribution in [0.3, 0.4) is 0 Å². The van der Waals surface area contributed by atoms with Crippen molar-refractivity contribution in [3.63, 3.8) is 0 Å². The molecule has 2 heterocycles. The maximum absolute atomic E-state index is 5.45. The van der Waals surface area contributed by atoms with Crippen LogP contribution >= 0.6 is 0 Å². The molecule has 0 amide bonds. The zero-order valence-electron chi connectivity index (χ0n) is 12.8. The van der Waals surface area contributed by atoms with Crippen LogP contribution < -0.4 is 10.1 Å². The SMILES string of the molecule is COc1ccccc1-c1nc2c(c(C(C)C)n1)CNCC2. The van der Waals surface area contributed by atoms with Crippen LogP contribution in [0.5, 0.6) is 5.75 Å². The second kappa shape index (κ2) is 5.82. The van der Waals surface area contributed by atoms with Crippen LogP contribution in [0.2, 0.25) is 0 Å². The lowest BCUT2D eigenvalue weighted by atomic mass is 9.98. The summed E-state index contributed by atoms with van der Waals surface area (Å²) in [5, 5.41) is 3.41. The molecule has 0 spiro atoms. The summed E-state index contributed by atoms with van der Waals surface area (Å²) in [7, 11) is 1.69. The molecule has 4 nitrogen and oxygen atoms in total. The first-order chi connectivity index (χ1) is 10.2. The van der Waals surface area contributed by atoms with E-state index in [2.05, 4.69) is 19.2 Å². The van der Waals surface area contributed by atoms with E-state index in [4.69, 9.17) is 14.7 Å². The highest BCUT2D eigenvalue weighted by Crippen LogP contribution is 2.30. The first-order valence-corrected chi connectivity index (χ1v) is 7.44. The van der Waals surface area contributed by atoms with Crippen LogP contribution in [-0.2, 0) is 13.0 Å². The van der Waals surface area contributed by atoms with Gasteiger partial charge in [-0.15, -0.1) is 0 Å². The van der Waals surface area contributed by atoms with E-state index in [1.807, 2.05) is 24.3 Å². The highest BCUT2D eigenvalue weighted by molar-refractivity contribution is 5.64. The molecule has 1 aromatic heterocycles. The molecule has 1 N–H and O–H groups in total. The number of hydrogen-bond acceptors (Lipinski definition) is 4. The number of aromatic nitrogens is 2. The predicted molar refractivity (Wildman–Crippen MR) is 83.5 cm³/mol. The van der Waals surface area contributed by atoms with Gasteiger partial charge in [0.1, 0.15) is 5.75 Å². The minimum atomic E-state index is 0.384. The highest BCUT2D eigenvalue weighted by atomic mass is 16.5. The summed E-state index contributed by atoms with van der Waals surface area (Å²) in [6, 6.07) is 7.94. The van der Waals surface area contributed by atoms with Gasteiger partial charge in [0, 0.05) is 25.1 Å². The Morgan fingerprint density at radius 1 is 1.19 bits per heavy atom. The minimum absolute atomic E-state index is 0.384. The van der Waals surface area contributed by atoms with E-state index < -0.39 is 0 Å². The monoisotopic (exact) mass is 283 g/mol. The molecule has 1 aliphatic heterocycles. The average Bonchev–Trinajstić information content (AvgIpc) is 2.53. The van der Waals surface area contributed by atoms with Gasteiger partial charge in [0.15, 0.2) is 5.82 Å². The molecule has 110 valence electrons. The maximum Gasteiger partial charge on any atom is 0.163 e. The Kier molecular flexibility index (Phi) is 3.88. The van der Waals surface area contributed by atoms with Crippen LogP contribution in [0.15, 0.2) is 24.3 Å². The van der Waals surface area contributed by atoms with Crippen molar-refractivity contribution in [2.45, 2.75) is 32.7 Å². The van der Waals surface area contributed by atoms with Gasteiger partial charge < -0.3 is 10.1 Å². The Labute approximate surface area is 125 Å². The summed E-state index contributed by atoms with van der Waals surface area (Å²) in [5.74, 6) is 1.98. The number of nitrogens with zero attached hydrogens (tertiary/aromatic N) is 2. The Balaban J connectivity index is 2.17. The molecule has 0 unspecified atom stereocenters. The highest BCUT2D eigenvalue weighted by Gasteiger charge is 2.20. The van der Waals surface area contributed by atoms with Crippen molar-refractivity contribution in [1.82, 2.24) is 15.3 Å². The third kappa shape index (κ3) is 2.63. The molecule has 3 rings (SSSR count). The molecule has 0 saturated carbocycles. The Hall–Kier alpha value is -1.94. The number of ether oxygens (including phenoxy) is 1. The largest absolute Gasteiger partial charge is 0.496 e. The van der Waals surface area contributed by atoms with Gasteiger partial charge in [0.2, 0.25) is 0 Å². The molecule has 1 aromatic carbocycles. The van der Waals surface area contributed by atoms with Crippen molar-refractivity contribution in [2.24, 2.45) is 0 Å². The Bertz CT molecular complexity index is 652. The third-order valence-corrected chi connectivity index (χ3v) is 3.86. The number of methoxy groups -OCH3 is 1. The van der Waals surface area contributed by atoms with Crippen LogP contribution in [0.4, 0.5) is 0 Å². The first-order valence-electron chi connectivity index (χ1n) is 7.44. The summed E-state index contributed by atoms with van der Waals surface area (Å²) < 4.78 is 5.45. The molecule has 0 fully saturated rings. The van der Waals surface area contributed by atoms with Crippen LogP contribution in [-0.4, -0.2) is 23.6 Å². The van der Waals surface area contributed by atoms with Gasteiger partial charge in [-0.2, -0.15) is 0 Å². The van der Waals surface area contributed by atoms with Crippen molar-refractivity contribution < 1.29 is 4.74 Å². The molecule has 0 bridgehead atoms. The van der Waals surface area contributed by atoms with Gasteiger partial charge in [-0.05, 0) is 18.1 Å². The van der Waals surface area contributed by atoms with E-state index in [0.29, 0.717) is 5.92 Å². The topological polar surface area (TPSA) is 47.0 Å². The quantitative estimate of drug-likeness (QED) is 0.941. The van der Waals surface area contributed by atoms with Gasteiger partial charge in [-0.1, -0.05) is 26.0 Å². The summed E-state index contributed by atoms with van der Waals surface area (Å²) >= 11 is 0. The molecular weight excluding hydrogens is 262 g/mol. The van der Waals surface area contributed by atoms with Gasteiger partial charge in [-0.25, -0.2) is 9.97 Å². The summed E-state index contributed by atoms with van der Waals surface area (Å²) in [6.07, 6.45) is 0.958. The Morgan fingerprint density at radius 3 is 2.76 bits per heavy atom. The van der Waals surface area contributed by atoms with Crippen molar-refractivity contribution >= 4 is 0 Å². The van der Waals surface area contributed by atoms with E-state index in [0.717, 1.165) is 42.3 Å². The van der Waals surface area contributed by atoms with E-state index >= 15 is 0 Å². The minimum Gasteiger partial charge on any atom is -0.496 e. The number of rotatable bonds is 3. The normalized spacial score (nSPS) is 14.1. The molecule has 2 aromatic rings. The number of nitrogens with one attached hydrogen (secondary N) is 1. The van der Waals surface area contributed by atoms with Crippen molar-refractivity contribution in [3.8, 4) is 17.1 Å². The summed E-state index contributed by atoms with van der Waals surface area (Å²) in [6.45, 7) is 6.22. The fraction of sp³-hybridized carbons (Fsp3) is 0.412. The molecule has 0 saturated heterocycles. The first kappa shape index (κ1) is 14.0. The lowest BCUT2D eigenvalue weighted by Gasteiger charge is -2.22. The number of hydrogen-bond donors (Lipinski definition) is 1. The van der Waals surface area contributed by atoms with Gasteiger partial charge in [-0.3, -0.25) is 0 Å². The van der Waals surface area contributed by atoms with Crippen molar-refractivity contribution in [3.05, 3.63) is 41.2 Å². The van der Waals surface area contributed by atoms with Crippen LogP contribution in [0.25, 0.3) is 11.4 Å². The van der Waals surface area contributed by atoms with Crippen LogP contribution in [0.1, 0.15) is 36.7 Å². The zero-order chi connectivity index (χ0) is 14.8. The third-order valence-electron chi connectivity index (χ3n) is 3.86. The molecular formula is C17H21N3O. The smallest absolute Gasteiger partial charge is 0.163 e. The number of fused-ring (bicyclic) bond motifs is 1. The number of para-hydroxylation sites is 1. The van der Waals surface area contributed by atoms with E-state index in [1.54, 1.807) is 7.11 Å². The van der Waals surface area contributed by atoms with E-state index in [1.165, 1.54) is 11.3 Å². The number of benzene rings is 1. The molecule has 0 aliphatic carbocycles. The maximum atomic E-state index is 5.45. The predicted octanol–water partition coefficient (Wildman–Crippen LogP) is 2.92. The second-order valence-electron chi connectivity index (χ2n) is 5.64. The van der Waals surface area contributed by atoms with Crippen molar-refractivity contribution in [1.29, 1.82) is 0 Å². The zero-order valence-corrected chi connectivity index (χ0v) is 12.8. The molecule has 1 aliphatic rings. The molecule has 0 radical (unpaired) electrons. The fourth-order valence-electron chi connectivity index (χ4n) is 2.80. The van der Waals surface area contributed by atoms with Gasteiger partial charge in [0.05, 0.1) is 24.1 Å². The Morgan fingerprint density at radius 2 is 2.00 bits per heavy atom. The van der Waals surface area contributed by atoms with E-state index in [9.17, 15) is 0 Å².